The van der Waals surface area contributed by atoms with E-state index in [4.69, 9.17) is 5.11 Å². The van der Waals surface area contributed by atoms with E-state index in [1.165, 1.54) is 0 Å². The van der Waals surface area contributed by atoms with Crippen LogP contribution in [0, 0.1) is 0 Å². The Morgan fingerprint density at radius 1 is 1.67 bits per heavy atom. The largest absolute Gasteiger partial charge is 0.480 e. The Balaban J connectivity index is 2.40. The van der Waals surface area contributed by atoms with Crippen molar-refractivity contribution in [2.24, 2.45) is 0 Å². The van der Waals surface area contributed by atoms with Gasteiger partial charge in [-0.1, -0.05) is 0 Å². The van der Waals surface area contributed by atoms with Gasteiger partial charge in [-0.3, -0.25) is 9.69 Å². The highest BCUT2D eigenvalue weighted by Crippen LogP contribution is 2.25. The monoisotopic (exact) mass is 175 g/mol. The maximum absolute atomic E-state index is 13.1. The van der Waals surface area contributed by atoms with Crippen LogP contribution in [0.15, 0.2) is 0 Å². The molecule has 0 saturated heterocycles. The summed E-state index contributed by atoms with van der Waals surface area (Å²) in [5.41, 5.74) is 0. The number of alkyl halides is 1. The lowest BCUT2D eigenvalue weighted by molar-refractivity contribution is -0.138. The van der Waals surface area contributed by atoms with Gasteiger partial charge >= 0.3 is 5.97 Å². The van der Waals surface area contributed by atoms with Crippen molar-refractivity contribution >= 4 is 5.97 Å². The van der Waals surface area contributed by atoms with Gasteiger partial charge in [0.05, 0.1) is 6.54 Å². The minimum atomic E-state index is -0.892. The number of carboxylic acids is 1. The average molecular weight is 175 g/mol. The second kappa shape index (κ2) is 3.85. The fourth-order valence-corrected chi connectivity index (χ4v) is 1.72. The summed E-state index contributed by atoms with van der Waals surface area (Å²) in [4.78, 5) is 11.9. The molecule has 12 heavy (non-hydrogen) atoms. The number of aliphatic carboxylic acids is 1. The predicted molar refractivity (Wildman–Crippen MR) is 42.8 cm³/mol. The molecule has 1 saturated carbocycles. The lowest BCUT2D eigenvalue weighted by Gasteiger charge is -2.23. The molecule has 0 radical (unpaired) electrons. The van der Waals surface area contributed by atoms with Crippen molar-refractivity contribution in [3.63, 3.8) is 0 Å². The first-order chi connectivity index (χ1) is 5.61. The van der Waals surface area contributed by atoms with Gasteiger partial charge in [-0.15, -0.1) is 0 Å². The summed E-state index contributed by atoms with van der Waals surface area (Å²) >= 11 is 0. The van der Waals surface area contributed by atoms with Crippen LogP contribution < -0.4 is 0 Å². The van der Waals surface area contributed by atoms with Crippen LogP contribution in [-0.2, 0) is 4.79 Å². The zero-order chi connectivity index (χ0) is 9.14. The number of likely N-dealkylation sites (N-methyl/N-ethyl adjacent to an activating group) is 1. The number of carbonyl (C=O) groups is 1. The van der Waals surface area contributed by atoms with Crippen LogP contribution in [0.5, 0.6) is 0 Å². The molecule has 0 aromatic heterocycles. The van der Waals surface area contributed by atoms with E-state index in [-0.39, 0.29) is 12.6 Å². The first-order valence-electron chi connectivity index (χ1n) is 4.17. The van der Waals surface area contributed by atoms with Gasteiger partial charge in [0, 0.05) is 6.04 Å². The normalized spacial score (nSPS) is 29.6. The average Bonchev–Trinajstić information content (AvgIpc) is 2.33. The summed E-state index contributed by atoms with van der Waals surface area (Å²) in [6.45, 7) is -0.0644. The van der Waals surface area contributed by atoms with Gasteiger partial charge in [-0.2, -0.15) is 0 Å². The molecule has 0 heterocycles. The molecule has 0 amide bonds. The van der Waals surface area contributed by atoms with Crippen LogP contribution in [0.3, 0.4) is 0 Å². The zero-order valence-electron chi connectivity index (χ0n) is 7.16. The third-order valence-electron chi connectivity index (χ3n) is 2.35. The molecule has 0 aromatic rings. The molecule has 2 atom stereocenters. The van der Waals surface area contributed by atoms with Crippen LogP contribution >= 0.6 is 0 Å². The summed E-state index contributed by atoms with van der Waals surface area (Å²) in [5.74, 6) is -0.892. The Labute approximate surface area is 71.2 Å². The van der Waals surface area contributed by atoms with Crippen LogP contribution in [0.1, 0.15) is 19.3 Å². The molecule has 4 heteroatoms. The van der Waals surface area contributed by atoms with Crippen LogP contribution in [0.25, 0.3) is 0 Å². The number of nitrogens with zero attached hydrogens (tertiary/aromatic N) is 1. The Morgan fingerprint density at radius 3 is 2.75 bits per heavy atom. The zero-order valence-corrected chi connectivity index (χ0v) is 7.16. The van der Waals surface area contributed by atoms with E-state index in [0.717, 1.165) is 12.8 Å². The smallest absolute Gasteiger partial charge is 0.317 e. The lowest BCUT2D eigenvalue weighted by atomic mass is 10.2. The Hall–Kier alpha value is -0.640. The summed E-state index contributed by atoms with van der Waals surface area (Å²) in [6.07, 6.45) is 1.39. The quantitative estimate of drug-likeness (QED) is 0.692. The first kappa shape index (κ1) is 9.45. The van der Waals surface area contributed by atoms with Crippen molar-refractivity contribution in [3.8, 4) is 0 Å². The maximum Gasteiger partial charge on any atom is 0.317 e. The molecule has 1 rings (SSSR count). The molecule has 0 aliphatic heterocycles. The van der Waals surface area contributed by atoms with Crippen LogP contribution in [-0.4, -0.2) is 41.8 Å². The fourth-order valence-electron chi connectivity index (χ4n) is 1.72. The van der Waals surface area contributed by atoms with Crippen molar-refractivity contribution in [1.29, 1.82) is 0 Å². The number of halogens is 1. The van der Waals surface area contributed by atoms with Crippen LogP contribution in [0.4, 0.5) is 4.39 Å². The van der Waals surface area contributed by atoms with E-state index in [1.54, 1.807) is 11.9 Å². The van der Waals surface area contributed by atoms with Crippen molar-refractivity contribution in [2.45, 2.75) is 31.5 Å². The minimum Gasteiger partial charge on any atom is -0.480 e. The topological polar surface area (TPSA) is 40.5 Å². The molecule has 1 aliphatic rings. The Kier molecular flexibility index (Phi) is 3.03. The molecule has 1 N–H and O–H groups in total. The Bertz CT molecular complexity index is 174. The van der Waals surface area contributed by atoms with E-state index in [9.17, 15) is 9.18 Å². The lowest BCUT2D eigenvalue weighted by Crippen LogP contribution is -2.38. The molecule has 0 aromatic carbocycles. The second-order valence-corrected chi connectivity index (χ2v) is 3.32. The van der Waals surface area contributed by atoms with Crippen molar-refractivity contribution < 1.29 is 14.3 Å². The van der Waals surface area contributed by atoms with Crippen molar-refractivity contribution in [2.75, 3.05) is 13.6 Å². The number of carboxylic acid groups (broad SMARTS) is 1. The van der Waals surface area contributed by atoms with E-state index in [0.29, 0.717) is 6.42 Å². The van der Waals surface area contributed by atoms with E-state index in [1.807, 2.05) is 0 Å². The highest BCUT2D eigenvalue weighted by Gasteiger charge is 2.30. The Morgan fingerprint density at radius 2 is 2.33 bits per heavy atom. The van der Waals surface area contributed by atoms with Gasteiger partial charge in [0.2, 0.25) is 0 Å². The van der Waals surface area contributed by atoms with Gasteiger partial charge in [-0.25, -0.2) is 4.39 Å². The second-order valence-electron chi connectivity index (χ2n) is 3.32. The standard InChI is InChI=1S/C8H14FNO2/c1-10(5-8(11)12)7-4-2-3-6(7)9/h6-7H,2-5H2,1H3,(H,11,12)/t6-,7-/m1/s1. The van der Waals surface area contributed by atoms with Gasteiger partial charge in [0.15, 0.2) is 0 Å². The number of hydrogen-bond acceptors (Lipinski definition) is 2. The van der Waals surface area contributed by atoms with Gasteiger partial charge in [0.1, 0.15) is 6.17 Å². The molecule has 1 aliphatic carbocycles. The fraction of sp³-hybridized carbons (Fsp3) is 0.875. The van der Waals surface area contributed by atoms with Crippen molar-refractivity contribution in [3.05, 3.63) is 0 Å². The van der Waals surface area contributed by atoms with E-state index < -0.39 is 12.1 Å². The summed E-state index contributed by atoms with van der Waals surface area (Å²) in [7, 11) is 1.66. The first-order valence-corrected chi connectivity index (χ1v) is 4.17. The van der Waals surface area contributed by atoms with E-state index in [2.05, 4.69) is 0 Å². The molecule has 0 spiro atoms. The maximum atomic E-state index is 13.1. The SMILES string of the molecule is CN(CC(=O)O)[C@@H]1CCC[C@H]1F. The third-order valence-corrected chi connectivity index (χ3v) is 2.35. The highest BCUT2D eigenvalue weighted by atomic mass is 19.1. The third kappa shape index (κ3) is 2.17. The van der Waals surface area contributed by atoms with Gasteiger partial charge < -0.3 is 5.11 Å². The van der Waals surface area contributed by atoms with Crippen molar-refractivity contribution in [1.82, 2.24) is 4.90 Å². The molecule has 0 bridgehead atoms. The summed E-state index contributed by atoms with van der Waals surface area (Å²) in [5, 5.41) is 8.47. The highest BCUT2D eigenvalue weighted by molar-refractivity contribution is 5.69. The summed E-state index contributed by atoms with van der Waals surface area (Å²) in [6, 6.07) is -0.180. The van der Waals surface area contributed by atoms with Gasteiger partial charge in [0.25, 0.3) is 0 Å². The van der Waals surface area contributed by atoms with E-state index >= 15 is 0 Å². The summed E-state index contributed by atoms with van der Waals surface area (Å²) < 4.78 is 13.1. The molecular weight excluding hydrogens is 161 g/mol. The van der Waals surface area contributed by atoms with Crippen LogP contribution in [0.2, 0.25) is 0 Å². The van der Waals surface area contributed by atoms with Gasteiger partial charge in [-0.05, 0) is 26.3 Å². The number of rotatable bonds is 3. The number of hydrogen-bond donors (Lipinski definition) is 1. The molecule has 1 fully saturated rings. The molecule has 0 unspecified atom stereocenters. The molecule has 3 nitrogen and oxygen atoms in total. The predicted octanol–water partition coefficient (Wildman–Crippen LogP) is 0.893. The minimum absolute atomic E-state index is 0.0644. The molecular formula is C8H14FNO2. The molecule has 70 valence electrons.